The fourth-order valence-corrected chi connectivity index (χ4v) is 4.07. The first-order valence-electron chi connectivity index (χ1n) is 9.46. The molecule has 2 aromatic carbocycles. The second-order valence-corrected chi connectivity index (χ2v) is 8.51. The van der Waals surface area contributed by atoms with Crippen molar-refractivity contribution in [1.29, 1.82) is 5.26 Å². The van der Waals surface area contributed by atoms with Gasteiger partial charge in [0.2, 0.25) is 5.91 Å². The average Bonchev–Trinajstić information content (AvgIpc) is 2.73. The summed E-state index contributed by atoms with van der Waals surface area (Å²) in [6.07, 6.45) is 0. The lowest BCUT2D eigenvalue weighted by Crippen LogP contribution is -2.33. The molecule has 1 aromatic heterocycles. The lowest BCUT2D eigenvalue weighted by molar-refractivity contribution is -0.116. The van der Waals surface area contributed by atoms with Gasteiger partial charge >= 0.3 is 0 Å². The van der Waals surface area contributed by atoms with E-state index in [2.05, 4.69) is 4.98 Å². The fraction of sp³-hybridized carbons (Fsp3) is 0.273. The van der Waals surface area contributed by atoms with Crippen LogP contribution in [-0.4, -0.2) is 27.8 Å². The van der Waals surface area contributed by atoms with Crippen LogP contribution in [0.5, 0.6) is 0 Å². The topological polar surface area (TPSA) is 79.0 Å². The molecule has 0 aliphatic rings. The highest BCUT2D eigenvalue weighted by atomic mass is 35.5. The Morgan fingerprint density at radius 3 is 2.67 bits per heavy atom. The van der Waals surface area contributed by atoms with Crippen LogP contribution in [0.3, 0.4) is 0 Å². The van der Waals surface area contributed by atoms with E-state index < -0.39 is 0 Å². The Kier molecular flexibility index (Phi) is 7.14. The molecule has 6 nitrogen and oxygen atoms in total. The van der Waals surface area contributed by atoms with E-state index >= 15 is 0 Å². The standard InChI is InChI=1S/C22H21ClN4O2S/c1-15(2)13-27-21(29)18-12-16(23)8-9-19(18)25-22(27)30-14-20(28)26(11-10-24)17-6-4-3-5-7-17/h3-9,12,15H,11,13-14H2,1-2H3. The Morgan fingerprint density at radius 2 is 2.00 bits per heavy atom. The molecule has 0 spiro atoms. The molecule has 0 fully saturated rings. The van der Waals surface area contributed by atoms with E-state index in [4.69, 9.17) is 16.9 Å². The first-order valence-corrected chi connectivity index (χ1v) is 10.8. The van der Waals surface area contributed by atoms with Crippen molar-refractivity contribution in [3.05, 3.63) is 63.9 Å². The Bertz CT molecular complexity index is 1160. The molecule has 0 bridgehead atoms. The summed E-state index contributed by atoms with van der Waals surface area (Å²) in [5.41, 5.74) is 1.02. The van der Waals surface area contributed by atoms with Gasteiger partial charge in [0, 0.05) is 17.3 Å². The smallest absolute Gasteiger partial charge is 0.262 e. The summed E-state index contributed by atoms with van der Waals surface area (Å²) >= 11 is 7.25. The van der Waals surface area contributed by atoms with Crippen molar-refractivity contribution >= 4 is 45.9 Å². The van der Waals surface area contributed by atoms with Crippen LogP contribution in [-0.2, 0) is 11.3 Å². The van der Waals surface area contributed by atoms with E-state index in [-0.39, 0.29) is 29.7 Å². The monoisotopic (exact) mass is 440 g/mol. The summed E-state index contributed by atoms with van der Waals surface area (Å²) in [5, 5.41) is 10.5. The third kappa shape index (κ3) is 5.02. The molecular formula is C22H21ClN4O2S. The Balaban J connectivity index is 1.92. The number of carbonyl (C=O) groups is 1. The van der Waals surface area contributed by atoms with Gasteiger partial charge in [-0.2, -0.15) is 5.26 Å². The Labute approximate surface area is 184 Å². The zero-order valence-corrected chi connectivity index (χ0v) is 18.3. The predicted molar refractivity (Wildman–Crippen MR) is 121 cm³/mol. The molecule has 0 saturated heterocycles. The lowest BCUT2D eigenvalue weighted by atomic mass is 10.2. The molecule has 0 N–H and O–H groups in total. The average molecular weight is 441 g/mol. The first kappa shape index (κ1) is 21.9. The quantitative estimate of drug-likeness (QED) is 0.310. The van der Waals surface area contributed by atoms with Crippen molar-refractivity contribution in [3.63, 3.8) is 0 Å². The molecule has 3 rings (SSSR count). The Hall–Kier alpha value is -2.82. The molecule has 0 atom stereocenters. The number of amides is 1. The Morgan fingerprint density at radius 1 is 1.27 bits per heavy atom. The third-order valence-corrected chi connectivity index (χ3v) is 5.55. The number of benzene rings is 2. The van der Waals surface area contributed by atoms with Gasteiger partial charge in [-0.15, -0.1) is 0 Å². The van der Waals surface area contributed by atoms with Gasteiger partial charge < -0.3 is 0 Å². The lowest BCUT2D eigenvalue weighted by Gasteiger charge is -2.20. The third-order valence-electron chi connectivity index (χ3n) is 4.35. The van der Waals surface area contributed by atoms with Gasteiger partial charge in [-0.25, -0.2) is 4.98 Å². The van der Waals surface area contributed by atoms with Crippen molar-refractivity contribution in [2.45, 2.75) is 25.5 Å². The highest BCUT2D eigenvalue weighted by Crippen LogP contribution is 2.22. The highest BCUT2D eigenvalue weighted by Gasteiger charge is 2.19. The molecule has 154 valence electrons. The molecule has 8 heteroatoms. The number of para-hydroxylation sites is 1. The molecule has 1 amide bonds. The minimum absolute atomic E-state index is 0.0497. The van der Waals surface area contributed by atoms with Crippen LogP contribution in [0, 0.1) is 17.2 Å². The maximum absolute atomic E-state index is 13.1. The van der Waals surface area contributed by atoms with Crippen LogP contribution >= 0.6 is 23.4 Å². The molecule has 0 aliphatic heterocycles. The molecule has 1 heterocycles. The molecular weight excluding hydrogens is 420 g/mol. The van der Waals surface area contributed by atoms with E-state index in [1.165, 1.54) is 16.7 Å². The van der Waals surface area contributed by atoms with Crippen LogP contribution in [0.1, 0.15) is 13.8 Å². The number of rotatable bonds is 7. The van der Waals surface area contributed by atoms with Gasteiger partial charge in [-0.1, -0.05) is 55.4 Å². The van der Waals surface area contributed by atoms with Crippen LogP contribution < -0.4 is 10.5 Å². The van der Waals surface area contributed by atoms with E-state index in [9.17, 15) is 9.59 Å². The number of hydrogen-bond donors (Lipinski definition) is 0. The van der Waals surface area contributed by atoms with Gasteiger partial charge in [0.25, 0.3) is 5.56 Å². The normalized spacial score (nSPS) is 10.9. The summed E-state index contributed by atoms with van der Waals surface area (Å²) in [7, 11) is 0. The van der Waals surface area contributed by atoms with Gasteiger partial charge in [0.1, 0.15) is 6.54 Å². The number of anilines is 1. The zero-order valence-electron chi connectivity index (χ0n) is 16.7. The second kappa shape index (κ2) is 9.79. The zero-order chi connectivity index (χ0) is 21.7. The van der Waals surface area contributed by atoms with Gasteiger partial charge in [-0.3, -0.25) is 19.1 Å². The molecule has 0 saturated carbocycles. The van der Waals surface area contributed by atoms with E-state index in [0.717, 1.165) is 0 Å². The number of halogens is 1. The van der Waals surface area contributed by atoms with Crippen molar-refractivity contribution in [2.75, 3.05) is 17.2 Å². The minimum Gasteiger partial charge on any atom is -0.298 e. The van der Waals surface area contributed by atoms with Crippen LogP contribution in [0.15, 0.2) is 58.5 Å². The predicted octanol–water partition coefficient (Wildman–Crippen LogP) is 4.35. The van der Waals surface area contributed by atoms with Crippen molar-refractivity contribution < 1.29 is 4.79 Å². The van der Waals surface area contributed by atoms with Gasteiger partial charge in [0.05, 0.1) is 22.7 Å². The number of fused-ring (bicyclic) bond motifs is 1. The van der Waals surface area contributed by atoms with Crippen LogP contribution in [0.4, 0.5) is 5.69 Å². The van der Waals surface area contributed by atoms with E-state index in [1.807, 2.05) is 38.1 Å². The number of nitriles is 1. The summed E-state index contributed by atoms with van der Waals surface area (Å²) in [6, 6.07) is 16.1. The van der Waals surface area contributed by atoms with Crippen LogP contribution in [0.25, 0.3) is 10.9 Å². The van der Waals surface area contributed by atoms with Crippen molar-refractivity contribution in [3.8, 4) is 6.07 Å². The van der Waals surface area contributed by atoms with Crippen molar-refractivity contribution in [2.24, 2.45) is 5.92 Å². The summed E-state index contributed by atoms with van der Waals surface area (Å²) in [6.45, 7) is 4.45. The van der Waals surface area contributed by atoms with Crippen molar-refractivity contribution in [1.82, 2.24) is 9.55 Å². The van der Waals surface area contributed by atoms with Gasteiger partial charge in [-0.05, 0) is 36.2 Å². The number of hydrogen-bond acceptors (Lipinski definition) is 5. The van der Waals surface area contributed by atoms with Gasteiger partial charge in [0.15, 0.2) is 5.16 Å². The van der Waals surface area contributed by atoms with E-state index in [0.29, 0.717) is 33.3 Å². The van der Waals surface area contributed by atoms with E-state index in [1.54, 1.807) is 34.9 Å². The second-order valence-electron chi connectivity index (χ2n) is 7.13. The summed E-state index contributed by atoms with van der Waals surface area (Å²) in [5.74, 6) is 0.0464. The van der Waals surface area contributed by atoms with Crippen LogP contribution in [0.2, 0.25) is 5.02 Å². The number of carbonyl (C=O) groups excluding carboxylic acids is 1. The largest absolute Gasteiger partial charge is 0.298 e. The maximum atomic E-state index is 13.1. The highest BCUT2D eigenvalue weighted by molar-refractivity contribution is 7.99. The molecule has 0 radical (unpaired) electrons. The fourth-order valence-electron chi connectivity index (χ4n) is 3.02. The first-order chi connectivity index (χ1) is 14.4. The minimum atomic E-state index is -0.228. The molecule has 0 aliphatic carbocycles. The maximum Gasteiger partial charge on any atom is 0.262 e. The number of aromatic nitrogens is 2. The number of nitrogens with zero attached hydrogens (tertiary/aromatic N) is 4. The summed E-state index contributed by atoms with van der Waals surface area (Å²) in [4.78, 5) is 31.9. The SMILES string of the molecule is CC(C)Cn1c(SCC(=O)N(CC#N)c2ccccc2)nc2ccc(Cl)cc2c1=O. The molecule has 30 heavy (non-hydrogen) atoms. The summed E-state index contributed by atoms with van der Waals surface area (Å²) < 4.78 is 1.60. The number of thioether (sulfide) groups is 1. The molecule has 3 aromatic rings. The molecule has 0 unspecified atom stereocenters.